The lowest BCUT2D eigenvalue weighted by molar-refractivity contribution is -0.114. The molecule has 1 aromatic carbocycles. The lowest BCUT2D eigenvalue weighted by Crippen LogP contribution is -2.31. The van der Waals surface area contributed by atoms with Crippen LogP contribution in [0.1, 0.15) is 28.6 Å². The summed E-state index contributed by atoms with van der Waals surface area (Å²) in [7, 11) is 4.99. The smallest absolute Gasteiger partial charge is 0.372 e. The van der Waals surface area contributed by atoms with Gasteiger partial charge in [0.2, 0.25) is 5.76 Å². The van der Waals surface area contributed by atoms with Gasteiger partial charge in [-0.15, -0.1) is 0 Å². The molecule has 1 aromatic heterocycles. The van der Waals surface area contributed by atoms with E-state index >= 15 is 0 Å². The highest BCUT2D eigenvalue weighted by molar-refractivity contribution is 6.32. The van der Waals surface area contributed by atoms with E-state index in [1.54, 1.807) is 26.4 Å². The van der Waals surface area contributed by atoms with Crippen molar-refractivity contribution in [2.24, 2.45) is 0 Å². The normalized spacial score (nSPS) is 11.8. The summed E-state index contributed by atoms with van der Waals surface area (Å²) in [5.41, 5.74) is 2.04. The van der Waals surface area contributed by atoms with Crippen LogP contribution in [0.3, 0.4) is 0 Å². The van der Waals surface area contributed by atoms with Crippen LogP contribution in [0.25, 0.3) is 11.0 Å². The largest absolute Gasteiger partial charge is 0.475 e. The van der Waals surface area contributed by atoms with Crippen molar-refractivity contribution in [3.63, 3.8) is 0 Å². The first kappa shape index (κ1) is 18.7. The number of rotatable bonds is 8. The number of benzene rings is 1. The zero-order valence-electron chi connectivity index (χ0n) is 14.3. The minimum atomic E-state index is -1.09. The van der Waals surface area contributed by atoms with Crippen LogP contribution >= 0.6 is 11.6 Å². The fourth-order valence-electron chi connectivity index (χ4n) is 2.81. The molecule has 0 aliphatic carbocycles. The quantitative estimate of drug-likeness (QED) is 0.732. The third kappa shape index (κ3) is 3.72. The number of aromatic carboxylic acids is 1. The number of carbonyl (C=O) groups is 1. The number of halogens is 1. The van der Waals surface area contributed by atoms with Gasteiger partial charge in [-0.05, 0) is 31.2 Å². The van der Waals surface area contributed by atoms with Crippen molar-refractivity contribution in [3.05, 3.63) is 34.0 Å². The molecule has 2 rings (SSSR count). The number of hydrogen-bond acceptors (Lipinski definition) is 5. The van der Waals surface area contributed by atoms with Crippen molar-refractivity contribution in [2.75, 3.05) is 27.8 Å². The maximum Gasteiger partial charge on any atom is 0.372 e. The van der Waals surface area contributed by atoms with Gasteiger partial charge in [0, 0.05) is 43.3 Å². The summed E-state index contributed by atoms with van der Waals surface area (Å²) < 4.78 is 16.0. The molecule has 0 bridgehead atoms. The van der Waals surface area contributed by atoms with Crippen LogP contribution in [0.15, 0.2) is 16.5 Å². The molecular weight excluding hydrogens is 334 g/mol. The highest BCUT2D eigenvalue weighted by Crippen LogP contribution is 2.34. The van der Waals surface area contributed by atoms with Crippen LogP contribution in [0.2, 0.25) is 5.02 Å². The number of carboxylic acid groups (broad SMARTS) is 1. The zero-order chi connectivity index (χ0) is 17.9. The Morgan fingerprint density at radius 1 is 1.33 bits per heavy atom. The number of methoxy groups -OCH3 is 2. The summed E-state index contributed by atoms with van der Waals surface area (Å²) >= 11 is 6.29. The van der Waals surface area contributed by atoms with Crippen LogP contribution in [-0.4, -0.2) is 50.1 Å². The van der Waals surface area contributed by atoms with E-state index in [9.17, 15) is 9.90 Å². The van der Waals surface area contributed by atoms with E-state index in [-0.39, 0.29) is 5.76 Å². The molecule has 0 spiro atoms. The molecule has 2 aromatic rings. The summed E-state index contributed by atoms with van der Waals surface area (Å²) in [5.74, 6) is -1.15. The molecule has 24 heavy (non-hydrogen) atoms. The Morgan fingerprint density at radius 2 is 2.00 bits per heavy atom. The van der Waals surface area contributed by atoms with Crippen LogP contribution in [0.5, 0.6) is 0 Å². The first-order valence-corrected chi connectivity index (χ1v) is 8.00. The Labute approximate surface area is 145 Å². The molecule has 0 saturated heterocycles. The summed E-state index contributed by atoms with van der Waals surface area (Å²) in [6.45, 7) is 2.85. The molecule has 0 aliphatic rings. The molecule has 1 N–H and O–H groups in total. The highest BCUT2D eigenvalue weighted by atomic mass is 35.5. The van der Waals surface area contributed by atoms with Crippen molar-refractivity contribution >= 4 is 28.5 Å². The predicted molar refractivity (Wildman–Crippen MR) is 91.7 cm³/mol. The molecule has 7 heteroatoms. The number of ether oxygens (including phenoxy) is 2. The second-order valence-electron chi connectivity index (χ2n) is 5.57. The molecule has 0 radical (unpaired) electrons. The fraction of sp³-hybridized carbons (Fsp3) is 0.471. The summed E-state index contributed by atoms with van der Waals surface area (Å²) in [6, 6.07) is 3.44. The van der Waals surface area contributed by atoms with Gasteiger partial charge in [0.15, 0.2) is 6.29 Å². The van der Waals surface area contributed by atoms with E-state index in [0.717, 1.165) is 10.9 Å². The Bertz CT molecular complexity index is 723. The third-order valence-electron chi connectivity index (χ3n) is 3.97. The number of furan rings is 1. The average molecular weight is 356 g/mol. The highest BCUT2D eigenvalue weighted by Gasteiger charge is 2.24. The average Bonchev–Trinajstić information content (AvgIpc) is 2.91. The zero-order valence-corrected chi connectivity index (χ0v) is 15.0. The number of nitrogens with zero attached hydrogens (tertiary/aromatic N) is 1. The molecule has 0 atom stereocenters. The van der Waals surface area contributed by atoms with E-state index in [1.807, 2.05) is 18.9 Å². The Balaban J connectivity index is 2.48. The summed E-state index contributed by atoms with van der Waals surface area (Å²) in [6.07, 6.45) is 0.292. The van der Waals surface area contributed by atoms with Crippen LogP contribution < -0.4 is 0 Å². The van der Waals surface area contributed by atoms with E-state index in [2.05, 4.69) is 0 Å². The Hall–Kier alpha value is -1.60. The maximum absolute atomic E-state index is 11.6. The number of hydrogen-bond donors (Lipinski definition) is 1. The number of likely N-dealkylation sites (N-methyl/N-ethyl adjacent to an activating group) is 1. The Morgan fingerprint density at radius 3 is 2.54 bits per heavy atom. The monoisotopic (exact) mass is 355 g/mol. The summed E-state index contributed by atoms with van der Waals surface area (Å²) in [4.78, 5) is 13.5. The molecule has 0 unspecified atom stereocenters. The van der Waals surface area contributed by atoms with Gasteiger partial charge >= 0.3 is 5.97 Å². The van der Waals surface area contributed by atoms with Crippen molar-refractivity contribution in [1.29, 1.82) is 0 Å². The van der Waals surface area contributed by atoms with Gasteiger partial charge < -0.3 is 19.0 Å². The molecule has 132 valence electrons. The predicted octanol–water partition coefficient (Wildman–Crippen LogP) is 3.40. The van der Waals surface area contributed by atoms with E-state index in [4.69, 9.17) is 25.5 Å². The molecule has 6 nitrogen and oxygen atoms in total. The maximum atomic E-state index is 11.6. The number of carboxylic acids is 1. The molecule has 1 heterocycles. The summed E-state index contributed by atoms with van der Waals surface area (Å²) in [5, 5.41) is 10.9. The van der Waals surface area contributed by atoms with Crippen LogP contribution in [0, 0.1) is 0 Å². The van der Waals surface area contributed by atoms with Crippen molar-refractivity contribution in [2.45, 2.75) is 26.2 Å². The lowest BCUT2D eigenvalue weighted by Gasteiger charge is -2.22. The first-order chi connectivity index (χ1) is 11.4. The van der Waals surface area contributed by atoms with Gasteiger partial charge in [0.25, 0.3) is 0 Å². The van der Waals surface area contributed by atoms with Gasteiger partial charge in [-0.25, -0.2) is 4.79 Å². The molecule has 0 aliphatic heterocycles. The van der Waals surface area contributed by atoms with Crippen molar-refractivity contribution in [3.8, 4) is 0 Å². The number of fused-ring (bicyclic) bond motifs is 1. The lowest BCUT2D eigenvalue weighted by atomic mass is 10.0. The van der Waals surface area contributed by atoms with Crippen LogP contribution in [0.4, 0.5) is 0 Å². The van der Waals surface area contributed by atoms with Gasteiger partial charge in [0.05, 0.1) is 0 Å². The molecule has 0 amide bonds. The second-order valence-corrected chi connectivity index (χ2v) is 5.97. The van der Waals surface area contributed by atoms with E-state index in [1.165, 1.54) is 0 Å². The molecule has 0 fully saturated rings. The Kier molecular flexibility index (Phi) is 6.23. The molecular formula is C17H22ClNO5. The van der Waals surface area contributed by atoms with E-state index < -0.39 is 12.3 Å². The van der Waals surface area contributed by atoms with Crippen molar-refractivity contribution in [1.82, 2.24) is 4.90 Å². The third-order valence-corrected chi connectivity index (χ3v) is 4.32. The van der Waals surface area contributed by atoms with Crippen molar-refractivity contribution < 1.29 is 23.8 Å². The van der Waals surface area contributed by atoms with Gasteiger partial charge in [-0.2, -0.15) is 0 Å². The number of aryl methyl sites for hydroxylation is 1. The topological polar surface area (TPSA) is 72.1 Å². The second kappa shape index (κ2) is 7.98. The van der Waals surface area contributed by atoms with Gasteiger partial charge in [-0.3, -0.25) is 4.90 Å². The first-order valence-electron chi connectivity index (χ1n) is 7.63. The SMILES string of the molecule is CCc1c(Cl)ccc2oc(C(=O)O)c(CN(C)CC(OC)OC)c12. The standard InChI is InChI=1S/C17H22ClNO5/c1-5-10-12(18)6-7-13-15(10)11(16(24-13)17(20)21)8-19(2)9-14(22-3)23-4/h6-7,14H,5,8-9H2,1-4H3,(H,20,21). The van der Waals surface area contributed by atoms with E-state index in [0.29, 0.717) is 35.7 Å². The minimum absolute atomic E-state index is 0.0554. The minimum Gasteiger partial charge on any atom is -0.475 e. The van der Waals surface area contributed by atoms with Gasteiger partial charge in [-0.1, -0.05) is 18.5 Å². The van der Waals surface area contributed by atoms with Crippen LogP contribution in [-0.2, 0) is 22.4 Å². The fourth-order valence-corrected chi connectivity index (χ4v) is 3.10. The van der Waals surface area contributed by atoms with Gasteiger partial charge in [0.1, 0.15) is 5.58 Å². The molecule has 0 saturated carbocycles.